The summed E-state index contributed by atoms with van der Waals surface area (Å²) in [4.78, 5) is 27.7. The van der Waals surface area contributed by atoms with Crippen LogP contribution in [0.3, 0.4) is 0 Å². The first kappa shape index (κ1) is 15.2. The minimum absolute atomic E-state index is 0.00768. The maximum atomic E-state index is 12.3. The zero-order valence-corrected chi connectivity index (χ0v) is 13.6. The topological polar surface area (TPSA) is 52.7 Å². The molecule has 0 spiro atoms. The van der Waals surface area contributed by atoms with Crippen molar-refractivity contribution in [3.05, 3.63) is 33.4 Å². The van der Waals surface area contributed by atoms with E-state index in [0.717, 1.165) is 16.7 Å². The van der Waals surface area contributed by atoms with Crippen molar-refractivity contribution in [1.82, 2.24) is 15.1 Å². The van der Waals surface area contributed by atoms with Crippen LogP contribution in [-0.4, -0.2) is 61.4 Å². The predicted molar refractivity (Wildman–Crippen MR) is 85.6 cm³/mol. The maximum absolute atomic E-state index is 12.3. The van der Waals surface area contributed by atoms with Crippen LogP contribution in [0.2, 0.25) is 0 Å². The van der Waals surface area contributed by atoms with Crippen LogP contribution < -0.4 is 5.32 Å². The molecular weight excluding hydrogens is 369 g/mol. The van der Waals surface area contributed by atoms with Gasteiger partial charge >= 0.3 is 0 Å². The predicted octanol–water partition coefficient (Wildman–Crippen LogP) is 0.795. The molecule has 1 fully saturated rings. The Balaban J connectivity index is 1.97. The molecule has 1 saturated heterocycles. The fourth-order valence-electron chi connectivity index (χ4n) is 2.13. The summed E-state index contributed by atoms with van der Waals surface area (Å²) < 4.78 is 0.900. The zero-order valence-electron chi connectivity index (χ0n) is 11.4. The Kier molecular flexibility index (Phi) is 5.36. The fraction of sp³-hybridized carbons (Fsp3) is 0.429. The van der Waals surface area contributed by atoms with Crippen LogP contribution in [0, 0.1) is 3.57 Å². The SMILES string of the molecule is CN(CC(=O)N1CCNCC1)C(=O)c1ccccc1I. The molecule has 5 nitrogen and oxygen atoms in total. The standard InChI is InChI=1S/C14H18IN3O2/c1-17(10-13(19)18-8-6-16-7-9-18)14(20)11-4-2-3-5-12(11)15/h2-5,16H,6-10H2,1H3. The van der Waals surface area contributed by atoms with Crippen molar-refractivity contribution in [2.24, 2.45) is 0 Å². The summed E-state index contributed by atoms with van der Waals surface area (Å²) in [5, 5.41) is 3.20. The lowest BCUT2D eigenvalue weighted by molar-refractivity contribution is -0.132. The first-order valence-electron chi connectivity index (χ1n) is 6.58. The Morgan fingerprint density at radius 1 is 1.30 bits per heavy atom. The molecule has 0 saturated carbocycles. The molecule has 0 aromatic heterocycles. The molecular formula is C14H18IN3O2. The number of halogens is 1. The number of carbonyl (C=O) groups is 2. The van der Waals surface area contributed by atoms with Gasteiger partial charge in [-0.2, -0.15) is 0 Å². The lowest BCUT2D eigenvalue weighted by Crippen LogP contribution is -2.49. The smallest absolute Gasteiger partial charge is 0.255 e. The van der Waals surface area contributed by atoms with E-state index in [1.165, 1.54) is 4.90 Å². The molecule has 1 aliphatic heterocycles. The second kappa shape index (κ2) is 7.03. The molecule has 1 aromatic carbocycles. The molecule has 2 amide bonds. The number of piperazine rings is 1. The second-order valence-corrected chi connectivity index (χ2v) is 5.93. The summed E-state index contributed by atoms with van der Waals surface area (Å²) in [7, 11) is 1.67. The largest absolute Gasteiger partial charge is 0.339 e. The Labute approximate surface area is 132 Å². The van der Waals surface area contributed by atoms with Gasteiger partial charge in [0.05, 0.1) is 12.1 Å². The van der Waals surface area contributed by atoms with Crippen molar-refractivity contribution in [2.45, 2.75) is 0 Å². The average molecular weight is 387 g/mol. The number of rotatable bonds is 3. The summed E-state index contributed by atoms with van der Waals surface area (Å²) >= 11 is 2.13. The van der Waals surface area contributed by atoms with Gasteiger partial charge in [0.25, 0.3) is 5.91 Å². The van der Waals surface area contributed by atoms with Crippen LogP contribution >= 0.6 is 22.6 Å². The number of hydrogen-bond acceptors (Lipinski definition) is 3. The molecule has 2 rings (SSSR count). The van der Waals surface area contributed by atoms with E-state index in [1.54, 1.807) is 18.0 Å². The van der Waals surface area contributed by atoms with Gasteiger partial charge in [-0.3, -0.25) is 9.59 Å². The lowest BCUT2D eigenvalue weighted by Gasteiger charge is -2.29. The van der Waals surface area contributed by atoms with Gasteiger partial charge in [0.15, 0.2) is 0 Å². The molecule has 108 valence electrons. The third-order valence-corrected chi connectivity index (χ3v) is 4.23. The molecule has 0 atom stereocenters. The summed E-state index contributed by atoms with van der Waals surface area (Å²) in [5.41, 5.74) is 0.642. The monoisotopic (exact) mass is 387 g/mol. The van der Waals surface area contributed by atoms with Gasteiger partial charge in [0.2, 0.25) is 5.91 Å². The van der Waals surface area contributed by atoms with Gasteiger partial charge in [0, 0.05) is 36.8 Å². The summed E-state index contributed by atoms with van der Waals surface area (Å²) in [6.07, 6.45) is 0. The second-order valence-electron chi connectivity index (χ2n) is 4.77. The molecule has 6 heteroatoms. The molecule has 1 N–H and O–H groups in total. The highest BCUT2D eigenvalue weighted by Gasteiger charge is 2.21. The van der Waals surface area contributed by atoms with E-state index in [4.69, 9.17) is 0 Å². The summed E-state index contributed by atoms with van der Waals surface area (Å²) in [5.74, 6) is -0.105. The van der Waals surface area contributed by atoms with Crippen molar-refractivity contribution >= 4 is 34.4 Å². The van der Waals surface area contributed by atoms with Gasteiger partial charge in [-0.1, -0.05) is 12.1 Å². The Morgan fingerprint density at radius 2 is 1.95 bits per heavy atom. The van der Waals surface area contributed by atoms with E-state index >= 15 is 0 Å². The van der Waals surface area contributed by atoms with E-state index in [0.29, 0.717) is 18.7 Å². The normalized spacial score (nSPS) is 15.0. The molecule has 0 bridgehead atoms. The van der Waals surface area contributed by atoms with Gasteiger partial charge in [-0.25, -0.2) is 0 Å². The number of nitrogens with zero attached hydrogens (tertiary/aromatic N) is 2. The molecule has 1 heterocycles. The van der Waals surface area contributed by atoms with Gasteiger partial charge in [-0.05, 0) is 34.7 Å². The molecule has 0 radical (unpaired) electrons. The summed E-state index contributed by atoms with van der Waals surface area (Å²) in [6.45, 7) is 3.19. The first-order valence-corrected chi connectivity index (χ1v) is 7.66. The minimum Gasteiger partial charge on any atom is -0.339 e. The maximum Gasteiger partial charge on any atom is 0.255 e. The first-order chi connectivity index (χ1) is 9.59. The average Bonchev–Trinajstić information content (AvgIpc) is 2.48. The number of carbonyl (C=O) groups excluding carboxylic acids is 2. The van der Waals surface area contributed by atoms with E-state index in [1.807, 2.05) is 18.2 Å². The number of benzene rings is 1. The molecule has 1 aromatic rings. The third kappa shape index (κ3) is 3.69. The number of likely N-dealkylation sites (N-methyl/N-ethyl adjacent to an activating group) is 1. The van der Waals surface area contributed by atoms with Crippen molar-refractivity contribution < 1.29 is 9.59 Å². The van der Waals surface area contributed by atoms with Crippen LogP contribution in [-0.2, 0) is 4.79 Å². The quantitative estimate of drug-likeness (QED) is 0.781. The van der Waals surface area contributed by atoms with Crippen LogP contribution in [0.5, 0.6) is 0 Å². The lowest BCUT2D eigenvalue weighted by atomic mass is 10.2. The van der Waals surface area contributed by atoms with E-state index in [9.17, 15) is 9.59 Å². The molecule has 0 aliphatic carbocycles. The Morgan fingerprint density at radius 3 is 2.60 bits per heavy atom. The highest BCUT2D eigenvalue weighted by atomic mass is 127. The van der Waals surface area contributed by atoms with Gasteiger partial charge in [0.1, 0.15) is 0 Å². The minimum atomic E-state index is -0.113. The van der Waals surface area contributed by atoms with Crippen LogP contribution in [0.15, 0.2) is 24.3 Å². The fourth-order valence-corrected chi connectivity index (χ4v) is 2.75. The van der Waals surface area contributed by atoms with Gasteiger partial charge in [-0.15, -0.1) is 0 Å². The van der Waals surface area contributed by atoms with Crippen molar-refractivity contribution in [2.75, 3.05) is 39.8 Å². The van der Waals surface area contributed by atoms with Crippen molar-refractivity contribution in [1.29, 1.82) is 0 Å². The van der Waals surface area contributed by atoms with Crippen molar-refractivity contribution in [3.8, 4) is 0 Å². The zero-order chi connectivity index (χ0) is 14.5. The Bertz CT molecular complexity index is 501. The van der Waals surface area contributed by atoms with E-state index < -0.39 is 0 Å². The van der Waals surface area contributed by atoms with Crippen LogP contribution in [0.4, 0.5) is 0 Å². The van der Waals surface area contributed by atoms with E-state index in [-0.39, 0.29) is 18.4 Å². The number of hydrogen-bond donors (Lipinski definition) is 1. The van der Waals surface area contributed by atoms with Crippen LogP contribution in [0.1, 0.15) is 10.4 Å². The number of nitrogens with one attached hydrogen (secondary N) is 1. The highest BCUT2D eigenvalue weighted by Crippen LogP contribution is 2.13. The Hall–Kier alpha value is -1.15. The van der Waals surface area contributed by atoms with E-state index in [2.05, 4.69) is 27.9 Å². The molecule has 0 unspecified atom stereocenters. The molecule has 20 heavy (non-hydrogen) atoms. The van der Waals surface area contributed by atoms with Crippen LogP contribution in [0.25, 0.3) is 0 Å². The molecule has 1 aliphatic rings. The summed E-state index contributed by atoms with van der Waals surface area (Å²) in [6, 6.07) is 7.40. The third-order valence-electron chi connectivity index (χ3n) is 3.29. The number of amides is 2. The van der Waals surface area contributed by atoms with Crippen molar-refractivity contribution in [3.63, 3.8) is 0 Å². The highest BCUT2D eigenvalue weighted by molar-refractivity contribution is 14.1. The van der Waals surface area contributed by atoms with Gasteiger partial charge < -0.3 is 15.1 Å².